The van der Waals surface area contributed by atoms with Crippen LogP contribution in [0.2, 0.25) is 5.02 Å². The van der Waals surface area contributed by atoms with Gasteiger partial charge in [-0.2, -0.15) is 0 Å². The van der Waals surface area contributed by atoms with Gasteiger partial charge in [0.25, 0.3) is 0 Å². The van der Waals surface area contributed by atoms with Gasteiger partial charge in [-0.15, -0.1) is 0 Å². The molecule has 0 atom stereocenters. The molecule has 2 rings (SSSR count). The largest absolute Gasteiger partial charge is 0.482 e. The second-order valence-electron chi connectivity index (χ2n) is 8.91. The minimum atomic E-state index is -3.57. The number of ether oxygens (including phenoxy) is 2. The number of carbonyl (C=O) groups is 1. The van der Waals surface area contributed by atoms with Gasteiger partial charge >= 0.3 is 5.97 Å². The molecule has 6 nitrogen and oxygen atoms in total. The summed E-state index contributed by atoms with van der Waals surface area (Å²) in [7, 11) is -2.00. The monoisotopic (exact) mass is 505 g/mol. The number of carbonyl (C=O) groups excluding carboxylic acids is 1. The molecule has 0 aliphatic rings. The molecule has 2 aromatic carbocycles. The van der Waals surface area contributed by atoms with E-state index in [1.807, 2.05) is 13.8 Å². The van der Waals surface area contributed by atoms with Crippen molar-refractivity contribution in [1.82, 2.24) is 4.31 Å². The molecule has 0 aliphatic carbocycles. The summed E-state index contributed by atoms with van der Waals surface area (Å²) in [5.41, 5.74) is 1.62. The van der Waals surface area contributed by atoms with Crippen LogP contribution in [-0.4, -0.2) is 44.5 Å². The van der Waals surface area contributed by atoms with Gasteiger partial charge in [-0.1, -0.05) is 36.4 Å². The smallest absolute Gasteiger partial charge is 0.344 e. The van der Waals surface area contributed by atoms with Crippen LogP contribution < -0.4 is 4.74 Å². The van der Waals surface area contributed by atoms with E-state index in [0.717, 1.165) is 12.0 Å². The first kappa shape index (κ1) is 27.7. The molecule has 0 bridgehead atoms. The third-order valence-corrected chi connectivity index (χ3v) is 6.83. The van der Waals surface area contributed by atoms with E-state index in [-0.39, 0.29) is 11.5 Å². The molecular formula is C26H32ClNO5S. The van der Waals surface area contributed by atoms with Gasteiger partial charge < -0.3 is 9.47 Å². The van der Waals surface area contributed by atoms with Crippen LogP contribution in [0, 0.1) is 18.8 Å². The van der Waals surface area contributed by atoms with E-state index in [9.17, 15) is 13.2 Å². The first-order valence-electron chi connectivity index (χ1n) is 11.0. The second-order valence-corrected chi connectivity index (χ2v) is 11.4. The maximum Gasteiger partial charge on any atom is 0.344 e. The summed E-state index contributed by atoms with van der Waals surface area (Å²) < 4.78 is 37.8. The average Bonchev–Trinajstić information content (AvgIpc) is 2.73. The minimum absolute atomic E-state index is 0.211. The highest BCUT2D eigenvalue weighted by Gasteiger charge is 2.20. The van der Waals surface area contributed by atoms with Gasteiger partial charge in [0.1, 0.15) is 11.4 Å². The van der Waals surface area contributed by atoms with Crippen molar-refractivity contribution in [1.29, 1.82) is 0 Å². The number of sulfonamides is 1. The quantitative estimate of drug-likeness (QED) is 0.373. The minimum Gasteiger partial charge on any atom is -0.482 e. The van der Waals surface area contributed by atoms with Crippen LogP contribution in [-0.2, 0) is 26.0 Å². The highest BCUT2D eigenvalue weighted by molar-refractivity contribution is 7.89. The Morgan fingerprint density at radius 3 is 2.50 bits per heavy atom. The summed E-state index contributed by atoms with van der Waals surface area (Å²) >= 11 is 6.15. The standard InChI is InChI=1S/C26H32ClNO5S/c1-7-15-28(6)34(30,31)23-13-11-19(2)20(17-23)9-8-10-21-16-22(27)12-14-24(21)32-18-25(29)33-26(3,4)5/h11-14,16-17H,7,10,15,18H2,1-6H3. The van der Waals surface area contributed by atoms with Crippen LogP contribution in [0.5, 0.6) is 5.75 Å². The Morgan fingerprint density at radius 2 is 1.85 bits per heavy atom. The van der Waals surface area contributed by atoms with E-state index in [1.54, 1.807) is 64.2 Å². The van der Waals surface area contributed by atoms with E-state index in [2.05, 4.69) is 11.8 Å². The molecule has 0 heterocycles. The van der Waals surface area contributed by atoms with Gasteiger partial charge in [0.2, 0.25) is 10.0 Å². The second kappa shape index (κ2) is 11.7. The summed E-state index contributed by atoms with van der Waals surface area (Å²) in [6.07, 6.45) is 1.03. The Bertz CT molecular complexity index is 1190. The lowest BCUT2D eigenvalue weighted by Gasteiger charge is -2.19. The highest BCUT2D eigenvalue weighted by atomic mass is 35.5. The Hall–Kier alpha value is -2.53. The van der Waals surface area contributed by atoms with Crippen LogP contribution in [0.4, 0.5) is 0 Å². The molecule has 0 unspecified atom stereocenters. The Balaban J connectivity index is 2.23. The summed E-state index contributed by atoms with van der Waals surface area (Å²) in [5, 5.41) is 0.518. The predicted octanol–water partition coefficient (Wildman–Crippen LogP) is 4.99. The molecule has 0 N–H and O–H groups in total. The molecule has 0 spiro atoms. The van der Waals surface area contributed by atoms with E-state index in [0.29, 0.717) is 34.9 Å². The van der Waals surface area contributed by atoms with Crippen molar-refractivity contribution in [2.75, 3.05) is 20.2 Å². The third kappa shape index (κ3) is 8.05. The van der Waals surface area contributed by atoms with E-state index < -0.39 is 21.6 Å². The summed E-state index contributed by atoms with van der Waals surface area (Å²) in [5.74, 6) is 6.15. The number of aryl methyl sites for hydroxylation is 1. The van der Waals surface area contributed by atoms with Crippen molar-refractivity contribution in [3.05, 3.63) is 58.1 Å². The van der Waals surface area contributed by atoms with Gasteiger partial charge in [0.05, 0.1) is 4.90 Å². The Kier molecular flexibility index (Phi) is 9.57. The lowest BCUT2D eigenvalue weighted by Crippen LogP contribution is -2.27. The molecule has 0 saturated carbocycles. The first-order chi connectivity index (χ1) is 15.8. The van der Waals surface area contributed by atoms with E-state index >= 15 is 0 Å². The molecule has 0 aromatic heterocycles. The van der Waals surface area contributed by atoms with Crippen molar-refractivity contribution in [3.63, 3.8) is 0 Å². The molecule has 0 aliphatic heterocycles. The van der Waals surface area contributed by atoms with Crippen molar-refractivity contribution in [2.45, 2.75) is 58.0 Å². The van der Waals surface area contributed by atoms with E-state index in [1.165, 1.54) is 4.31 Å². The number of hydrogen-bond acceptors (Lipinski definition) is 5. The molecule has 0 amide bonds. The number of rotatable bonds is 8. The topological polar surface area (TPSA) is 72.9 Å². The van der Waals surface area contributed by atoms with Gasteiger partial charge in [-0.3, -0.25) is 0 Å². The fourth-order valence-corrected chi connectivity index (χ4v) is 4.56. The summed E-state index contributed by atoms with van der Waals surface area (Å²) in [6.45, 7) is 9.39. The van der Waals surface area contributed by atoms with Gasteiger partial charge in [0, 0.05) is 36.2 Å². The zero-order valence-corrected chi connectivity index (χ0v) is 22.1. The maximum atomic E-state index is 12.8. The zero-order chi connectivity index (χ0) is 25.5. The number of hydrogen-bond donors (Lipinski definition) is 0. The first-order valence-corrected chi connectivity index (χ1v) is 12.8. The van der Waals surface area contributed by atoms with Crippen LogP contribution >= 0.6 is 11.6 Å². The van der Waals surface area contributed by atoms with Gasteiger partial charge in [-0.25, -0.2) is 17.5 Å². The Morgan fingerprint density at radius 1 is 1.15 bits per heavy atom. The number of esters is 1. The fraction of sp³-hybridized carbons (Fsp3) is 0.423. The van der Waals surface area contributed by atoms with Gasteiger partial charge in [0.15, 0.2) is 6.61 Å². The van der Waals surface area contributed by atoms with Crippen LogP contribution in [0.3, 0.4) is 0 Å². The molecule has 0 fully saturated rings. The predicted molar refractivity (Wildman–Crippen MR) is 135 cm³/mol. The number of nitrogens with zero attached hydrogens (tertiary/aromatic N) is 1. The number of benzene rings is 2. The molecule has 34 heavy (non-hydrogen) atoms. The molecule has 2 aromatic rings. The lowest BCUT2D eigenvalue weighted by molar-refractivity contribution is -0.157. The van der Waals surface area contributed by atoms with Crippen LogP contribution in [0.1, 0.15) is 50.8 Å². The normalized spacial score (nSPS) is 11.6. The Labute approximate surface area is 208 Å². The highest BCUT2D eigenvalue weighted by Crippen LogP contribution is 2.24. The third-order valence-electron chi connectivity index (χ3n) is 4.75. The van der Waals surface area contributed by atoms with Crippen LogP contribution in [0.15, 0.2) is 41.3 Å². The number of halogens is 1. The van der Waals surface area contributed by atoms with Gasteiger partial charge in [-0.05, 0) is 70.0 Å². The van der Waals surface area contributed by atoms with Crippen molar-refractivity contribution in [2.24, 2.45) is 0 Å². The van der Waals surface area contributed by atoms with Crippen molar-refractivity contribution in [3.8, 4) is 17.6 Å². The molecular weight excluding hydrogens is 474 g/mol. The SMILES string of the molecule is CCCN(C)S(=O)(=O)c1ccc(C)c(C#CCc2cc(Cl)ccc2OCC(=O)OC(C)(C)C)c1. The summed E-state index contributed by atoms with van der Waals surface area (Å²) in [4.78, 5) is 12.2. The van der Waals surface area contributed by atoms with E-state index in [4.69, 9.17) is 21.1 Å². The maximum absolute atomic E-state index is 12.8. The molecule has 8 heteroatoms. The molecule has 184 valence electrons. The fourth-order valence-electron chi connectivity index (χ4n) is 3.08. The zero-order valence-electron chi connectivity index (χ0n) is 20.6. The molecule has 0 radical (unpaired) electrons. The van der Waals surface area contributed by atoms with Crippen LogP contribution in [0.25, 0.3) is 0 Å². The van der Waals surface area contributed by atoms with Crippen molar-refractivity contribution >= 4 is 27.6 Å². The lowest BCUT2D eigenvalue weighted by atomic mass is 10.1. The summed E-state index contributed by atoms with van der Waals surface area (Å²) in [6, 6.07) is 10.0. The van der Waals surface area contributed by atoms with Crippen molar-refractivity contribution < 1.29 is 22.7 Å². The molecule has 0 saturated heterocycles. The average molecular weight is 506 g/mol.